The third kappa shape index (κ3) is 2.19. The van der Waals surface area contributed by atoms with Crippen LogP contribution in [0.25, 0.3) is 5.65 Å². The highest BCUT2D eigenvalue weighted by molar-refractivity contribution is 5.99. The molecule has 2 bridgehead atoms. The molecule has 2 aliphatic rings. The molecule has 1 amide bonds. The highest BCUT2D eigenvalue weighted by Gasteiger charge is 2.32. The molecular weight excluding hydrogens is 266 g/mol. The van der Waals surface area contributed by atoms with Crippen molar-refractivity contribution in [2.24, 2.45) is 0 Å². The molecule has 0 aliphatic carbocycles. The third-order valence-corrected chi connectivity index (χ3v) is 4.55. The van der Waals surface area contributed by atoms with Crippen molar-refractivity contribution in [3.05, 3.63) is 29.7 Å². The maximum absolute atomic E-state index is 12.8. The van der Waals surface area contributed by atoms with Crippen molar-refractivity contribution in [2.75, 3.05) is 13.1 Å². The summed E-state index contributed by atoms with van der Waals surface area (Å²) in [6, 6.07) is 2.92. The van der Waals surface area contributed by atoms with Crippen molar-refractivity contribution in [3.8, 4) is 0 Å². The minimum atomic E-state index is 0.0532. The Labute approximate surface area is 123 Å². The second-order valence-electron chi connectivity index (χ2n) is 6.07. The first-order chi connectivity index (χ1) is 10.2. The number of carbonyl (C=O) groups is 1. The Morgan fingerprint density at radius 1 is 1.33 bits per heavy atom. The van der Waals surface area contributed by atoms with Gasteiger partial charge in [-0.1, -0.05) is 0 Å². The SMILES string of the molecule is Cc1ccn2ncc(C(=O)N3CCC4CCC(C3)N4)c2n1. The van der Waals surface area contributed by atoms with E-state index in [-0.39, 0.29) is 5.91 Å². The van der Waals surface area contributed by atoms with Crippen LogP contribution in [0.2, 0.25) is 0 Å². The molecule has 0 aromatic carbocycles. The Morgan fingerprint density at radius 3 is 3.10 bits per heavy atom. The molecule has 4 heterocycles. The van der Waals surface area contributed by atoms with Gasteiger partial charge in [0.25, 0.3) is 5.91 Å². The van der Waals surface area contributed by atoms with Crippen LogP contribution in [0.5, 0.6) is 0 Å². The summed E-state index contributed by atoms with van der Waals surface area (Å²) in [4.78, 5) is 19.2. The van der Waals surface area contributed by atoms with Gasteiger partial charge < -0.3 is 10.2 Å². The van der Waals surface area contributed by atoms with Crippen LogP contribution < -0.4 is 5.32 Å². The maximum Gasteiger partial charge on any atom is 0.259 e. The molecule has 110 valence electrons. The van der Waals surface area contributed by atoms with Gasteiger partial charge in [-0.25, -0.2) is 9.50 Å². The lowest BCUT2D eigenvalue weighted by molar-refractivity contribution is 0.0750. The number of amides is 1. The molecule has 4 rings (SSSR count). The van der Waals surface area contributed by atoms with Gasteiger partial charge in [0.2, 0.25) is 0 Å². The van der Waals surface area contributed by atoms with Crippen LogP contribution in [0.15, 0.2) is 18.5 Å². The molecule has 6 heteroatoms. The monoisotopic (exact) mass is 285 g/mol. The first-order valence-corrected chi connectivity index (χ1v) is 7.57. The summed E-state index contributed by atoms with van der Waals surface area (Å²) < 4.78 is 1.67. The zero-order valence-corrected chi connectivity index (χ0v) is 12.1. The second kappa shape index (κ2) is 4.80. The summed E-state index contributed by atoms with van der Waals surface area (Å²) in [5.74, 6) is 0.0532. The van der Waals surface area contributed by atoms with E-state index in [4.69, 9.17) is 0 Å². The molecule has 21 heavy (non-hydrogen) atoms. The highest BCUT2D eigenvalue weighted by Crippen LogP contribution is 2.22. The topological polar surface area (TPSA) is 62.5 Å². The van der Waals surface area contributed by atoms with E-state index in [9.17, 15) is 4.79 Å². The van der Waals surface area contributed by atoms with Crippen molar-refractivity contribution in [1.29, 1.82) is 0 Å². The molecule has 1 N–H and O–H groups in total. The molecule has 2 aromatic rings. The highest BCUT2D eigenvalue weighted by atomic mass is 16.2. The summed E-state index contributed by atoms with van der Waals surface area (Å²) in [6.45, 7) is 3.53. The molecule has 2 fully saturated rings. The summed E-state index contributed by atoms with van der Waals surface area (Å²) in [5, 5.41) is 7.84. The van der Waals surface area contributed by atoms with Crippen LogP contribution in [0.4, 0.5) is 0 Å². The van der Waals surface area contributed by atoms with Gasteiger partial charge in [-0.3, -0.25) is 4.79 Å². The number of aromatic nitrogens is 3. The fourth-order valence-electron chi connectivity index (χ4n) is 3.41. The number of aryl methyl sites for hydroxylation is 1. The zero-order valence-electron chi connectivity index (χ0n) is 12.1. The van der Waals surface area contributed by atoms with Crippen molar-refractivity contribution < 1.29 is 4.79 Å². The van der Waals surface area contributed by atoms with Crippen LogP contribution in [-0.4, -0.2) is 50.6 Å². The molecule has 2 aromatic heterocycles. The number of fused-ring (bicyclic) bond motifs is 3. The smallest absolute Gasteiger partial charge is 0.259 e. The number of hydrogen-bond acceptors (Lipinski definition) is 4. The lowest BCUT2D eigenvalue weighted by atomic mass is 10.1. The first-order valence-electron chi connectivity index (χ1n) is 7.57. The number of likely N-dealkylation sites (tertiary alicyclic amines) is 1. The van der Waals surface area contributed by atoms with E-state index in [1.807, 2.05) is 24.1 Å². The van der Waals surface area contributed by atoms with Crippen molar-refractivity contribution >= 4 is 11.6 Å². The molecule has 2 atom stereocenters. The van der Waals surface area contributed by atoms with E-state index in [1.165, 1.54) is 12.8 Å². The van der Waals surface area contributed by atoms with Gasteiger partial charge in [-0.15, -0.1) is 0 Å². The molecule has 6 nitrogen and oxygen atoms in total. The van der Waals surface area contributed by atoms with Gasteiger partial charge in [0.15, 0.2) is 5.65 Å². The number of rotatable bonds is 1. The largest absolute Gasteiger partial charge is 0.337 e. The van der Waals surface area contributed by atoms with Gasteiger partial charge in [0.05, 0.1) is 6.20 Å². The molecule has 2 aliphatic heterocycles. The average molecular weight is 285 g/mol. The molecule has 0 spiro atoms. The summed E-state index contributed by atoms with van der Waals surface area (Å²) in [7, 11) is 0. The Kier molecular flexibility index (Phi) is 2.92. The van der Waals surface area contributed by atoms with Crippen LogP contribution in [0.1, 0.15) is 35.3 Å². The van der Waals surface area contributed by atoms with Crippen LogP contribution in [0, 0.1) is 6.92 Å². The Hall–Kier alpha value is -1.95. The summed E-state index contributed by atoms with van der Waals surface area (Å²) in [6.07, 6.45) is 6.93. The number of nitrogens with zero attached hydrogens (tertiary/aromatic N) is 4. The first kappa shape index (κ1) is 12.8. The fraction of sp³-hybridized carbons (Fsp3) is 0.533. The van der Waals surface area contributed by atoms with Crippen LogP contribution in [-0.2, 0) is 0 Å². The predicted octanol–water partition coefficient (Wildman–Crippen LogP) is 1.00. The molecule has 0 radical (unpaired) electrons. The van der Waals surface area contributed by atoms with E-state index >= 15 is 0 Å². The Morgan fingerprint density at radius 2 is 2.19 bits per heavy atom. The van der Waals surface area contributed by atoms with Gasteiger partial charge in [0.1, 0.15) is 5.56 Å². The standard InChI is InChI=1S/C15H19N5O/c1-10-4-7-20-14(17-10)13(8-16-20)15(21)19-6-5-11-2-3-12(9-19)18-11/h4,7-8,11-12,18H,2-3,5-6,9H2,1H3. The molecule has 2 unspecified atom stereocenters. The number of carbonyl (C=O) groups excluding carboxylic acids is 1. The maximum atomic E-state index is 12.8. The van der Waals surface area contributed by atoms with E-state index in [0.717, 1.165) is 25.2 Å². The van der Waals surface area contributed by atoms with Gasteiger partial charge in [0, 0.05) is 37.1 Å². The molecule has 0 saturated carbocycles. The normalized spacial score (nSPS) is 25.3. The summed E-state index contributed by atoms with van der Waals surface area (Å²) in [5.41, 5.74) is 2.16. The van der Waals surface area contributed by atoms with E-state index in [0.29, 0.717) is 23.3 Å². The van der Waals surface area contributed by atoms with Crippen LogP contribution in [0.3, 0.4) is 0 Å². The Bertz CT molecular complexity index is 694. The zero-order chi connectivity index (χ0) is 14.4. The lowest BCUT2D eigenvalue weighted by Crippen LogP contribution is -2.39. The third-order valence-electron chi connectivity index (χ3n) is 4.55. The van der Waals surface area contributed by atoms with Gasteiger partial charge >= 0.3 is 0 Å². The van der Waals surface area contributed by atoms with Gasteiger partial charge in [-0.05, 0) is 32.3 Å². The minimum absolute atomic E-state index is 0.0532. The summed E-state index contributed by atoms with van der Waals surface area (Å²) >= 11 is 0. The van der Waals surface area contributed by atoms with Crippen molar-refractivity contribution in [2.45, 2.75) is 38.3 Å². The average Bonchev–Trinajstić information content (AvgIpc) is 3.01. The van der Waals surface area contributed by atoms with Gasteiger partial charge in [-0.2, -0.15) is 5.10 Å². The van der Waals surface area contributed by atoms with E-state index in [2.05, 4.69) is 15.4 Å². The minimum Gasteiger partial charge on any atom is -0.337 e. The second-order valence-corrected chi connectivity index (χ2v) is 6.07. The molecule has 2 saturated heterocycles. The lowest BCUT2D eigenvalue weighted by Gasteiger charge is -2.23. The van der Waals surface area contributed by atoms with E-state index < -0.39 is 0 Å². The number of hydrogen-bond donors (Lipinski definition) is 1. The van der Waals surface area contributed by atoms with E-state index in [1.54, 1.807) is 10.7 Å². The van der Waals surface area contributed by atoms with Crippen molar-refractivity contribution in [3.63, 3.8) is 0 Å². The predicted molar refractivity (Wildman–Crippen MR) is 78.2 cm³/mol. The van der Waals surface area contributed by atoms with Crippen LogP contribution >= 0.6 is 0 Å². The fourth-order valence-corrected chi connectivity index (χ4v) is 3.41. The molecular formula is C15H19N5O. The quantitative estimate of drug-likeness (QED) is 0.849. The van der Waals surface area contributed by atoms with Crippen molar-refractivity contribution in [1.82, 2.24) is 24.8 Å². The Balaban J connectivity index is 1.65. The number of nitrogens with one attached hydrogen (secondary N) is 1.